The van der Waals surface area contributed by atoms with E-state index in [-0.39, 0.29) is 5.91 Å². The Hall–Kier alpha value is -1.95. The van der Waals surface area contributed by atoms with E-state index in [2.05, 4.69) is 37.9 Å². The molecule has 0 unspecified atom stereocenters. The highest BCUT2D eigenvalue weighted by atomic mass is 35.5. The number of carbonyl (C=O) groups is 1. The smallest absolute Gasteiger partial charge is 0.255 e. The highest BCUT2D eigenvalue weighted by Crippen LogP contribution is 2.31. The lowest BCUT2D eigenvalue weighted by Crippen LogP contribution is -2.39. The molecule has 2 aromatic rings. The maximum atomic E-state index is 12.5. The monoisotopic (exact) mass is 438 g/mol. The molecule has 7 heteroatoms. The first-order valence-electron chi connectivity index (χ1n) is 9.56. The van der Waals surface area contributed by atoms with Crippen molar-refractivity contribution < 1.29 is 14.3 Å². The molecule has 1 N–H and O–H groups in total. The standard InChI is InChI=1S/C22H28Cl2N2O3/c1-14(2)26(15(3)4)10-11-29-21-13-17(7-9-20(21)28-5)25-22(27)16-6-8-18(23)19(24)12-16/h6-9,12-15H,10-11H2,1-5H3,(H,25,27). The molecular weight excluding hydrogens is 411 g/mol. The van der Waals surface area contributed by atoms with Gasteiger partial charge in [-0.25, -0.2) is 0 Å². The van der Waals surface area contributed by atoms with Crippen LogP contribution in [0.3, 0.4) is 0 Å². The number of nitrogens with zero attached hydrogens (tertiary/aromatic N) is 1. The van der Waals surface area contributed by atoms with Crippen molar-refractivity contribution in [2.75, 3.05) is 25.6 Å². The van der Waals surface area contributed by atoms with Crippen LogP contribution in [0.5, 0.6) is 11.5 Å². The summed E-state index contributed by atoms with van der Waals surface area (Å²) in [4.78, 5) is 14.9. The number of hydrogen-bond acceptors (Lipinski definition) is 4. The molecule has 0 heterocycles. The number of ether oxygens (including phenoxy) is 2. The number of halogens is 2. The van der Waals surface area contributed by atoms with Crippen molar-refractivity contribution in [1.29, 1.82) is 0 Å². The van der Waals surface area contributed by atoms with E-state index in [9.17, 15) is 4.79 Å². The molecule has 0 aliphatic rings. The van der Waals surface area contributed by atoms with Crippen LogP contribution in [0.4, 0.5) is 5.69 Å². The Labute approximate surface area is 182 Å². The van der Waals surface area contributed by atoms with E-state index in [1.165, 1.54) is 6.07 Å². The fraction of sp³-hybridized carbons (Fsp3) is 0.409. The van der Waals surface area contributed by atoms with Crippen molar-refractivity contribution in [2.24, 2.45) is 0 Å². The summed E-state index contributed by atoms with van der Waals surface area (Å²) in [7, 11) is 1.59. The highest BCUT2D eigenvalue weighted by molar-refractivity contribution is 6.42. The molecule has 158 valence electrons. The third kappa shape index (κ3) is 6.53. The fourth-order valence-corrected chi connectivity index (χ4v) is 3.38. The number of carbonyl (C=O) groups excluding carboxylic acids is 1. The van der Waals surface area contributed by atoms with E-state index in [1.54, 1.807) is 37.4 Å². The molecule has 2 rings (SSSR count). The van der Waals surface area contributed by atoms with Gasteiger partial charge in [0.15, 0.2) is 11.5 Å². The minimum atomic E-state index is -0.287. The van der Waals surface area contributed by atoms with Gasteiger partial charge in [-0.1, -0.05) is 23.2 Å². The van der Waals surface area contributed by atoms with Crippen LogP contribution >= 0.6 is 23.2 Å². The summed E-state index contributed by atoms with van der Waals surface area (Å²) in [6, 6.07) is 10.9. The second-order valence-electron chi connectivity index (χ2n) is 7.22. The molecule has 0 radical (unpaired) electrons. The Kier molecular flexibility index (Phi) is 8.62. The van der Waals surface area contributed by atoms with E-state index in [4.69, 9.17) is 32.7 Å². The van der Waals surface area contributed by atoms with Gasteiger partial charge in [0, 0.05) is 35.9 Å². The number of amides is 1. The molecule has 0 saturated carbocycles. The molecule has 5 nitrogen and oxygen atoms in total. The average Bonchev–Trinajstić information content (AvgIpc) is 2.66. The summed E-state index contributed by atoms with van der Waals surface area (Å²) in [6.07, 6.45) is 0. The SMILES string of the molecule is COc1ccc(NC(=O)c2ccc(Cl)c(Cl)c2)cc1OCCN(C(C)C)C(C)C. The van der Waals surface area contributed by atoms with Crippen LogP contribution in [0.1, 0.15) is 38.1 Å². The normalized spacial score (nSPS) is 11.2. The van der Waals surface area contributed by atoms with Crippen molar-refractivity contribution >= 4 is 34.8 Å². The molecular formula is C22H28Cl2N2O3. The van der Waals surface area contributed by atoms with Gasteiger partial charge in [0.05, 0.1) is 17.2 Å². The number of methoxy groups -OCH3 is 1. The van der Waals surface area contributed by atoms with Gasteiger partial charge in [0.25, 0.3) is 5.91 Å². The van der Waals surface area contributed by atoms with Crippen LogP contribution in [-0.4, -0.2) is 43.2 Å². The van der Waals surface area contributed by atoms with Crippen LogP contribution in [-0.2, 0) is 0 Å². The van der Waals surface area contributed by atoms with Crippen molar-refractivity contribution in [2.45, 2.75) is 39.8 Å². The summed E-state index contributed by atoms with van der Waals surface area (Å²) in [6.45, 7) is 9.97. The van der Waals surface area contributed by atoms with Gasteiger partial charge in [-0.3, -0.25) is 9.69 Å². The zero-order valence-electron chi connectivity index (χ0n) is 17.5. The third-order valence-electron chi connectivity index (χ3n) is 4.54. The fourth-order valence-electron chi connectivity index (χ4n) is 3.08. The van der Waals surface area contributed by atoms with E-state index in [0.717, 1.165) is 6.54 Å². The van der Waals surface area contributed by atoms with Crippen molar-refractivity contribution in [1.82, 2.24) is 4.90 Å². The van der Waals surface area contributed by atoms with Crippen LogP contribution < -0.4 is 14.8 Å². The lowest BCUT2D eigenvalue weighted by Gasteiger charge is -2.30. The largest absolute Gasteiger partial charge is 0.493 e. The van der Waals surface area contributed by atoms with Crippen LogP contribution in [0.15, 0.2) is 36.4 Å². The highest BCUT2D eigenvalue weighted by Gasteiger charge is 2.15. The molecule has 29 heavy (non-hydrogen) atoms. The van der Waals surface area contributed by atoms with E-state index in [0.29, 0.717) is 51.5 Å². The van der Waals surface area contributed by atoms with Gasteiger partial charge in [0.2, 0.25) is 0 Å². The summed E-state index contributed by atoms with van der Waals surface area (Å²) in [5.41, 5.74) is 1.02. The summed E-state index contributed by atoms with van der Waals surface area (Å²) < 4.78 is 11.4. The number of rotatable bonds is 9. The Morgan fingerprint density at radius 2 is 1.69 bits per heavy atom. The van der Waals surface area contributed by atoms with E-state index >= 15 is 0 Å². The number of benzene rings is 2. The van der Waals surface area contributed by atoms with E-state index in [1.807, 2.05) is 0 Å². The van der Waals surface area contributed by atoms with Gasteiger partial charge >= 0.3 is 0 Å². The van der Waals surface area contributed by atoms with Crippen LogP contribution in [0.25, 0.3) is 0 Å². The maximum Gasteiger partial charge on any atom is 0.255 e. The Balaban J connectivity index is 2.09. The lowest BCUT2D eigenvalue weighted by atomic mass is 10.2. The van der Waals surface area contributed by atoms with Gasteiger partial charge in [-0.05, 0) is 58.0 Å². The molecule has 1 amide bonds. The molecule has 0 aliphatic carbocycles. The van der Waals surface area contributed by atoms with Crippen LogP contribution in [0.2, 0.25) is 10.0 Å². The predicted octanol–water partition coefficient (Wildman–Crippen LogP) is 5.75. The summed E-state index contributed by atoms with van der Waals surface area (Å²) in [5, 5.41) is 3.58. The zero-order chi connectivity index (χ0) is 21.6. The molecule has 0 saturated heterocycles. The quantitative estimate of drug-likeness (QED) is 0.541. The minimum Gasteiger partial charge on any atom is -0.493 e. The third-order valence-corrected chi connectivity index (χ3v) is 5.28. The molecule has 0 aliphatic heterocycles. The average molecular weight is 439 g/mol. The topological polar surface area (TPSA) is 50.8 Å². The Morgan fingerprint density at radius 3 is 2.28 bits per heavy atom. The second-order valence-corrected chi connectivity index (χ2v) is 8.04. The summed E-state index contributed by atoms with van der Waals surface area (Å²) >= 11 is 11.9. The predicted molar refractivity (Wildman–Crippen MR) is 120 cm³/mol. The number of anilines is 1. The second kappa shape index (κ2) is 10.7. The number of hydrogen-bond donors (Lipinski definition) is 1. The first-order chi connectivity index (χ1) is 13.7. The molecule has 0 bridgehead atoms. The van der Waals surface area contributed by atoms with Gasteiger partial charge < -0.3 is 14.8 Å². The molecule has 0 aromatic heterocycles. The van der Waals surface area contributed by atoms with Crippen molar-refractivity contribution in [3.63, 3.8) is 0 Å². The zero-order valence-corrected chi connectivity index (χ0v) is 19.0. The number of nitrogens with one attached hydrogen (secondary N) is 1. The lowest BCUT2D eigenvalue weighted by molar-refractivity contribution is 0.102. The van der Waals surface area contributed by atoms with Crippen LogP contribution in [0, 0.1) is 0 Å². The molecule has 0 spiro atoms. The van der Waals surface area contributed by atoms with Crippen molar-refractivity contribution in [3.8, 4) is 11.5 Å². The van der Waals surface area contributed by atoms with Gasteiger partial charge in [0.1, 0.15) is 6.61 Å². The first kappa shape index (κ1) is 23.3. The first-order valence-corrected chi connectivity index (χ1v) is 10.3. The van der Waals surface area contributed by atoms with Gasteiger partial charge in [-0.15, -0.1) is 0 Å². The van der Waals surface area contributed by atoms with Gasteiger partial charge in [-0.2, -0.15) is 0 Å². The van der Waals surface area contributed by atoms with E-state index < -0.39 is 0 Å². The molecule has 0 fully saturated rings. The molecule has 2 aromatic carbocycles. The minimum absolute atomic E-state index is 0.287. The molecule has 0 atom stereocenters. The maximum absolute atomic E-state index is 12.5. The van der Waals surface area contributed by atoms with Crippen molar-refractivity contribution in [3.05, 3.63) is 52.0 Å². The Bertz CT molecular complexity index is 833. The Morgan fingerprint density at radius 1 is 1.00 bits per heavy atom. The summed E-state index contributed by atoms with van der Waals surface area (Å²) in [5.74, 6) is 0.899.